The molecular formula is C23H21NO3. The fraction of sp³-hybridized carbons (Fsp3) is 0.304. The van der Waals surface area contributed by atoms with E-state index >= 15 is 0 Å². The average Bonchev–Trinajstić information content (AvgIpc) is 3.36. The number of amides is 2. The second-order valence-corrected chi connectivity index (χ2v) is 7.75. The lowest BCUT2D eigenvalue weighted by Gasteiger charge is -2.20. The molecule has 2 fully saturated rings. The van der Waals surface area contributed by atoms with Crippen LogP contribution in [-0.4, -0.2) is 11.8 Å². The lowest BCUT2D eigenvalue weighted by molar-refractivity contribution is -0.123. The van der Waals surface area contributed by atoms with Crippen molar-refractivity contribution >= 4 is 17.5 Å². The van der Waals surface area contributed by atoms with E-state index in [4.69, 9.17) is 4.74 Å². The SMILES string of the molecule is Cc1ccc(COc2ccccc2N2C(=O)C3C4C=CC(C4)C3C2=O)cc1. The molecule has 0 spiro atoms. The summed E-state index contributed by atoms with van der Waals surface area (Å²) in [6.07, 6.45) is 5.16. The van der Waals surface area contributed by atoms with Crippen LogP contribution < -0.4 is 9.64 Å². The monoisotopic (exact) mass is 359 g/mol. The van der Waals surface area contributed by atoms with E-state index in [9.17, 15) is 9.59 Å². The van der Waals surface area contributed by atoms with Gasteiger partial charge in [0.2, 0.25) is 11.8 Å². The van der Waals surface area contributed by atoms with Crippen LogP contribution in [0.3, 0.4) is 0 Å². The van der Waals surface area contributed by atoms with Crippen LogP contribution in [0, 0.1) is 30.6 Å². The summed E-state index contributed by atoms with van der Waals surface area (Å²) in [6.45, 7) is 2.44. The second-order valence-electron chi connectivity index (χ2n) is 7.75. The second kappa shape index (κ2) is 6.08. The van der Waals surface area contributed by atoms with Gasteiger partial charge in [-0.05, 0) is 42.9 Å². The number of anilines is 1. The molecule has 4 heteroatoms. The van der Waals surface area contributed by atoms with E-state index < -0.39 is 0 Å². The molecule has 2 amide bonds. The predicted octanol–water partition coefficient (Wildman–Crippen LogP) is 3.89. The Kier molecular flexibility index (Phi) is 3.67. The Morgan fingerprint density at radius 2 is 1.56 bits per heavy atom. The predicted molar refractivity (Wildman–Crippen MR) is 102 cm³/mol. The van der Waals surface area contributed by atoms with Crippen molar-refractivity contribution in [2.45, 2.75) is 20.0 Å². The van der Waals surface area contributed by atoms with Gasteiger partial charge in [0.05, 0.1) is 17.5 Å². The molecule has 2 aromatic rings. The van der Waals surface area contributed by atoms with Crippen molar-refractivity contribution in [2.75, 3.05) is 4.90 Å². The molecule has 5 rings (SSSR count). The number of allylic oxidation sites excluding steroid dienone is 2. The number of benzene rings is 2. The van der Waals surface area contributed by atoms with Gasteiger partial charge in [0.15, 0.2) is 0 Å². The summed E-state index contributed by atoms with van der Waals surface area (Å²) < 4.78 is 6.00. The zero-order chi connectivity index (χ0) is 18.5. The van der Waals surface area contributed by atoms with Crippen LogP contribution in [0.1, 0.15) is 17.5 Å². The van der Waals surface area contributed by atoms with Crippen LogP contribution in [-0.2, 0) is 16.2 Å². The fourth-order valence-corrected chi connectivity index (χ4v) is 4.75. The maximum absolute atomic E-state index is 13.1. The van der Waals surface area contributed by atoms with Crippen LogP contribution in [0.25, 0.3) is 0 Å². The minimum Gasteiger partial charge on any atom is -0.487 e. The summed E-state index contributed by atoms with van der Waals surface area (Å²) >= 11 is 0. The largest absolute Gasteiger partial charge is 0.487 e. The van der Waals surface area contributed by atoms with Crippen LogP contribution >= 0.6 is 0 Å². The fourth-order valence-electron chi connectivity index (χ4n) is 4.75. The molecule has 4 atom stereocenters. The number of carbonyl (C=O) groups is 2. The molecule has 2 aliphatic carbocycles. The summed E-state index contributed by atoms with van der Waals surface area (Å²) in [5.74, 6) is 0.445. The number of aryl methyl sites for hydroxylation is 1. The van der Waals surface area contributed by atoms with Gasteiger partial charge in [-0.1, -0.05) is 54.1 Å². The number of rotatable bonds is 4. The molecule has 2 bridgehead atoms. The van der Waals surface area contributed by atoms with Gasteiger partial charge in [-0.25, -0.2) is 4.90 Å². The molecule has 1 saturated heterocycles. The Labute approximate surface area is 158 Å². The van der Waals surface area contributed by atoms with Gasteiger partial charge in [0, 0.05) is 0 Å². The van der Waals surface area contributed by atoms with E-state index in [0.29, 0.717) is 18.0 Å². The maximum Gasteiger partial charge on any atom is 0.238 e. The molecule has 4 unspecified atom stereocenters. The van der Waals surface area contributed by atoms with Crippen molar-refractivity contribution in [3.05, 3.63) is 71.8 Å². The third-order valence-corrected chi connectivity index (χ3v) is 6.09. The van der Waals surface area contributed by atoms with Gasteiger partial charge >= 0.3 is 0 Å². The molecular weight excluding hydrogens is 338 g/mol. The van der Waals surface area contributed by atoms with Crippen LogP contribution in [0.15, 0.2) is 60.7 Å². The molecule has 27 heavy (non-hydrogen) atoms. The Morgan fingerprint density at radius 3 is 2.22 bits per heavy atom. The Balaban J connectivity index is 1.42. The topological polar surface area (TPSA) is 46.6 Å². The van der Waals surface area contributed by atoms with Gasteiger partial charge in [0.1, 0.15) is 12.4 Å². The smallest absolute Gasteiger partial charge is 0.238 e. The highest BCUT2D eigenvalue weighted by molar-refractivity contribution is 6.23. The molecule has 1 heterocycles. The van der Waals surface area contributed by atoms with E-state index in [1.807, 2.05) is 49.4 Å². The highest BCUT2D eigenvalue weighted by Crippen LogP contribution is 2.53. The summed E-state index contributed by atoms with van der Waals surface area (Å²) in [6, 6.07) is 15.5. The number of ether oxygens (including phenoxy) is 1. The quantitative estimate of drug-likeness (QED) is 0.615. The van der Waals surface area contributed by atoms with E-state index in [0.717, 1.165) is 12.0 Å². The van der Waals surface area contributed by atoms with E-state index in [1.165, 1.54) is 10.5 Å². The van der Waals surface area contributed by atoms with Gasteiger partial charge in [-0.15, -0.1) is 0 Å². The van der Waals surface area contributed by atoms with Gasteiger partial charge in [0.25, 0.3) is 0 Å². The van der Waals surface area contributed by atoms with Crippen molar-refractivity contribution in [1.29, 1.82) is 0 Å². The standard InChI is InChI=1S/C23H21NO3/c1-14-6-8-15(9-7-14)13-27-19-5-3-2-4-18(19)24-22(25)20-16-10-11-17(12-16)21(20)23(24)26/h2-11,16-17,20-21H,12-13H2,1H3. The van der Waals surface area contributed by atoms with E-state index in [-0.39, 0.29) is 35.5 Å². The van der Waals surface area contributed by atoms with Crippen molar-refractivity contribution < 1.29 is 14.3 Å². The first-order valence-corrected chi connectivity index (χ1v) is 9.47. The number of hydrogen-bond donors (Lipinski definition) is 0. The van der Waals surface area contributed by atoms with Crippen molar-refractivity contribution in [1.82, 2.24) is 0 Å². The molecule has 1 aliphatic heterocycles. The molecule has 3 aliphatic rings. The Hall–Kier alpha value is -2.88. The lowest BCUT2D eigenvalue weighted by Crippen LogP contribution is -2.33. The minimum absolute atomic E-state index is 0.0757. The number of para-hydroxylation sites is 2. The molecule has 2 aromatic carbocycles. The Morgan fingerprint density at radius 1 is 0.926 bits per heavy atom. The zero-order valence-corrected chi connectivity index (χ0v) is 15.2. The number of carbonyl (C=O) groups excluding carboxylic acids is 2. The zero-order valence-electron chi connectivity index (χ0n) is 15.2. The van der Waals surface area contributed by atoms with Gasteiger partial charge in [-0.3, -0.25) is 9.59 Å². The summed E-state index contributed by atoms with van der Waals surface area (Å²) in [5, 5.41) is 0. The molecule has 4 nitrogen and oxygen atoms in total. The normalized spacial score (nSPS) is 28.1. The third-order valence-electron chi connectivity index (χ3n) is 6.09. The summed E-state index contributed by atoms with van der Waals surface area (Å²) in [5.41, 5.74) is 2.81. The number of imide groups is 1. The minimum atomic E-state index is -0.197. The van der Waals surface area contributed by atoms with Gasteiger partial charge < -0.3 is 4.74 Å². The lowest BCUT2D eigenvalue weighted by atomic mass is 9.85. The van der Waals surface area contributed by atoms with Crippen LogP contribution in [0.5, 0.6) is 5.75 Å². The van der Waals surface area contributed by atoms with Gasteiger partial charge in [-0.2, -0.15) is 0 Å². The first-order chi connectivity index (χ1) is 13.1. The molecule has 136 valence electrons. The maximum atomic E-state index is 13.1. The highest BCUT2D eigenvalue weighted by Gasteiger charge is 2.59. The third kappa shape index (κ3) is 2.51. The number of nitrogens with zero attached hydrogens (tertiary/aromatic N) is 1. The van der Waals surface area contributed by atoms with Crippen molar-refractivity contribution in [3.63, 3.8) is 0 Å². The Bertz CT molecular complexity index is 916. The number of fused-ring (bicyclic) bond motifs is 5. The van der Waals surface area contributed by atoms with Crippen molar-refractivity contribution in [2.24, 2.45) is 23.7 Å². The molecule has 1 saturated carbocycles. The highest BCUT2D eigenvalue weighted by atomic mass is 16.5. The average molecular weight is 359 g/mol. The van der Waals surface area contributed by atoms with E-state index in [2.05, 4.69) is 12.2 Å². The molecule has 0 aromatic heterocycles. The first-order valence-electron chi connectivity index (χ1n) is 9.47. The molecule has 0 radical (unpaired) electrons. The van der Waals surface area contributed by atoms with Crippen molar-refractivity contribution in [3.8, 4) is 5.75 Å². The van der Waals surface area contributed by atoms with Crippen LogP contribution in [0.4, 0.5) is 5.69 Å². The van der Waals surface area contributed by atoms with E-state index in [1.54, 1.807) is 6.07 Å². The number of hydrogen-bond acceptors (Lipinski definition) is 3. The molecule has 0 N–H and O–H groups in total. The first kappa shape index (κ1) is 16.3. The summed E-state index contributed by atoms with van der Waals surface area (Å²) in [4.78, 5) is 27.5. The van der Waals surface area contributed by atoms with Crippen LogP contribution in [0.2, 0.25) is 0 Å². The summed E-state index contributed by atoms with van der Waals surface area (Å²) in [7, 11) is 0.